The molecule has 0 bridgehead atoms. The third-order valence-corrected chi connectivity index (χ3v) is 2.03. The molecule has 0 aliphatic rings. The van der Waals surface area contributed by atoms with Crippen LogP contribution in [0, 0.1) is 5.41 Å². The predicted molar refractivity (Wildman–Crippen MR) is 61.6 cm³/mol. The second-order valence-electron chi connectivity index (χ2n) is 4.87. The quantitative estimate of drug-likeness (QED) is 0.388. The van der Waals surface area contributed by atoms with Crippen LogP contribution in [0.5, 0.6) is 0 Å². The van der Waals surface area contributed by atoms with Gasteiger partial charge in [0.15, 0.2) is 0 Å². The van der Waals surface area contributed by atoms with Gasteiger partial charge in [-0.3, -0.25) is 0 Å². The molecule has 0 aliphatic heterocycles. The first-order valence-corrected chi connectivity index (χ1v) is 5.64. The van der Waals surface area contributed by atoms with Crippen molar-refractivity contribution >= 4 is 0 Å². The standard InChI is InChI=1S/C11H24O6/c1-11(2,7-16-5-9(14)3-12)8-17-6-10(15)4-13/h9-10,12-15H,3-8H2,1-2H3. The first-order valence-electron chi connectivity index (χ1n) is 5.64. The molecule has 104 valence electrons. The van der Waals surface area contributed by atoms with Crippen LogP contribution in [0.1, 0.15) is 13.8 Å². The van der Waals surface area contributed by atoms with E-state index in [-0.39, 0.29) is 31.8 Å². The van der Waals surface area contributed by atoms with Crippen molar-refractivity contribution in [1.82, 2.24) is 0 Å². The molecule has 4 N–H and O–H groups in total. The van der Waals surface area contributed by atoms with Crippen molar-refractivity contribution in [2.24, 2.45) is 5.41 Å². The maximum absolute atomic E-state index is 9.07. The highest BCUT2D eigenvalue weighted by Crippen LogP contribution is 2.16. The van der Waals surface area contributed by atoms with E-state index in [1.807, 2.05) is 13.8 Å². The molecular formula is C11H24O6. The molecule has 2 unspecified atom stereocenters. The van der Waals surface area contributed by atoms with E-state index in [2.05, 4.69) is 0 Å². The average molecular weight is 252 g/mol. The SMILES string of the molecule is CC(C)(COCC(O)CO)COCC(O)CO. The Hall–Kier alpha value is -0.240. The Morgan fingerprint density at radius 3 is 1.53 bits per heavy atom. The van der Waals surface area contributed by atoms with Gasteiger partial charge < -0.3 is 29.9 Å². The Balaban J connectivity index is 3.65. The van der Waals surface area contributed by atoms with Crippen molar-refractivity contribution in [2.45, 2.75) is 26.1 Å². The molecule has 0 saturated heterocycles. The maximum Gasteiger partial charge on any atom is 0.100 e. The second-order valence-corrected chi connectivity index (χ2v) is 4.87. The summed E-state index contributed by atoms with van der Waals surface area (Å²) in [6.07, 6.45) is -1.72. The van der Waals surface area contributed by atoms with Crippen LogP contribution in [0.2, 0.25) is 0 Å². The van der Waals surface area contributed by atoms with E-state index in [4.69, 9.17) is 29.9 Å². The summed E-state index contributed by atoms with van der Waals surface area (Å²) < 4.78 is 10.5. The lowest BCUT2D eigenvalue weighted by atomic mass is 9.96. The minimum absolute atomic E-state index is 0.0825. The summed E-state index contributed by atoms with van der Waals surface area (Å²) in [7, 11) is 0. The molecular weight excluding hydrogens is 228 g/mol. The summed E-state index contributed by atoms with van der Waals surface area (Å²) >= 11 is 0. The first-order chi connectivity index (χ1) is 7.91. The molecule has 0 aromatic heterocycles. The number of rotatable bonds is 10. The molecule has 2 atom stereocenters. The zero-order valence-electron chi connectivity index (χ0n) is 10.5. The van der Waals surface area contributed by atoms with Gasteiger partial charge in [0.05, 0.1) is 39.6 Å². The van der Waals surface area contributed by atoms with Gasteiger partial charge in [0, 0.05) is 5.41 Å². The number of ether oxygens (including phenoxy) is 2. The smallest absolute Gasteiger partial charge is 0.100 e. The molecule has 0 spiro atoms. The highest BCUT2D eigenvalue weighted by atomic mass is 16.5. The van der Waals surface area contributed by atoms with Crippen LogP contribution in [0.15, 0.2) is 0 Å². The lowest BCUT2D eigenvalue weighted by Gasteiger charge is -2.25. The Bertz CT molecular complexity index is 167. The topological polar surface area (TPSA) is 99.4 Å². The van der Waals surface area contributed by atoms with E-state index in [0.717, 1.165) is 0 Å². The molecule has 0 heterocycles. The zero-order valence-corrected chi connectivity index (χ0v) is 10.5. The molecule has 6 nitrogen and oxygen atoms in total. The minimum atomic E-state index is -0.858. The Morgan fingerprint density at radius 1 is 0.882 bits per heavy atom. The van der Waals surface area contributed by atoms with E-state index in [1.165, 1.54) is 0 Å². The van der Waals surface area contributed by atoms with E-state index in [9.17, 15) is 0 Å². The average Bonchev–Trinajstić information content (AvgIpc) is 2.27. The Kier molecular flexibility index (Phi) is 8.67. The molecule has 0 aromatic carbocycles. The van der Waals surface area contributed by atoms with Crippen molar-refractivity contribution in [3.63, 3.8) is 0 Å². The summed E-state index contributed by atoms with van der Waals surface area (Å²) in [5.74, 6) is 0. The van der Waals surface area contributed by atoms with Crippen LogP contribution in [0.4, 0.5) is 0 Å². The van der Waals surface area contributed by atoms with Gasteiger partial charge in [-0.1, -0.05) is 13.8 Å². The fourth-order valence-electron chi connectivity index (χ4n) is 1.09. The van der Waals surface area contributed by atoms with Crippen molar-refractivity contribution in [1.29, 1.82) is 0 Å². The number of hydrogen-bond donors (Lipinski definition) is 4. The van der Waals surface area contributed by atoms with E-state index >= 15 is 0 Å². The Labute approximate surface area is 102 Å². The molecule has 0 fully saturated rings. The normalized spacial score (nSPS) is 15.9. The van der Waals surface area contributed by atoms with Gasteiger partial charge in [-0.25, -0.2) is 0 Å². The number of aliphatic hydroxyl groups is 4. The van der Waals surface area contributed by atoms with Gasteiger partial charge in [0.25, 0.3) is 0 Å². The summed E-state index contributed by atoms with van der Waals surface area (Å²) in [5.41, 5.74) is -0.260. The summed E-state index contributed by atoms with van der Waals surface area (Å²) in [6.45, 7) is 4.11. The van der Waals surface area contributed by atoms with E-state index in [0.29, 0.717) is 13.2 Å². The van der Waals surface area contributed by atoms with Crippen LogP contribution < -0.4 is 0 Å². The van der Waals surface area contributed by atoms with Crippen molar-refractivity contribution in [3.8, 4) is 0 Å². The minimum Gasteiger partial charge on any atom is -0.394 e. The summed E-state index contributed by atoms with van der Waals surface area (Å²) in [6, 6.07) is 0. The highest BCUT2D eigenvalue weighted by Gasteiger charge is 2.19. The van der Waals surface area contributed by atoms with Crippen molar-refractivity contribution in [3.05, 3.63) is 0 Å². The number of aliphatic hydroxyl groups excluding tert-OH is 4. The maximum atomic E-state index is 9.07. The third kappa shape index (κ3) is 9.46. The lowest BCUT2D eigenvalue weighted by molar-refractivity contribution is -0.0579. The van der Waals surface area contributed by atoms with Gasteiger partial charge in [-0.2, -0.15) is 0 Å². The molecule has 6 heteroatoms. The van der Waals surface area contributed by atoms with Crippen molar-refractivity contribution < 1.29 is 29.9 Å². The summed E-state index contributed by atoms with van der Waals surface area (Å²) in [4.78, 5) is 0. The highest BCUT2D eigenvalue weighted by molar-refractivity contribution is 4.68. The molecule has 0 aliphatic carbocycles. The molecule has 0 aromatic rings. The Morgan fingerprint density at radius 2 is 1.24 bits per heavy atom. The van der Waals surface area contributed by atoms with Gasteiger partial charge in [0.2, 0.25) is 0 Å². The zero-order chi connectivity index (χ0) is 13.3. The molecule has 0 amide bonds. The van der Waals surface area contributed by atoms with Crippen LogP contribution in [-0.4, -0.2) is 72.3 Å². The molecule has 17 heavy (non-hydrogen) atoms. The predicted octanol–water partition coefficient (Wildman–Crippen LogP) is -1.25. The van der Waals surface area contributed by atoms with Crippen LogP contribution in [0.3, 0.4) is 0 Å². The molecule has 0 radical (unpaired) electrons. The second kappa shape index (κ2) is 8.79. The van der Waals surface area contributed by atoms with Gasteiger partial charge in [-0.05, 0) is 0 Å². The third-order valence-electron chi connectivity index (χ3n) is 2.03. The number of hydrogen-bond acceptors (Lipinski definition) is 6. The lowest BCUT2D eigenvalue weighted by Crippen LogP contribution is -2.30. The largest absolute Gasteiger partial charge is 0.394 e. The van der Waals surface area contributed by atoms with Crippen LogP contribution in [-0.2, 0) is 9.47 Å². The van der Waals surface area contributed by atoms with Gasteiger partial charge in [0.1, 0.15) is 12.2 Å². The van der Waals surface area contributed by atoms with Crippen molar-refractivity contribution in [2.75, 3.05) is 39.6 Å². The van der Waals surface area contributed by atoms with Gasteiger partial charge >= 0.3 is 0 Å². The summed E-state index contributed by atoms with van der Waals surface area (Å²) in [5, 5.41) is 35.3. The first kappa shape index (κ1) is 16.8. The van der Waals surface area contributed by atoms with Crippen LogP contribution in [0.25, 0.3) is 0 Å². The van der Waals surface area contributed by atoms with Gasteiger partial charge in [-0.15, -0.1) is 0 Å². The fourth-order valence-corrected chi connectivity index (χ4v) is 1.09. The molecule has 0 rings (SSSR count). The molecule has 0 saturated carbocycles. The van der Waals surface area contributed by atoms with Crippen LogP contribution >= 0.6 is 0 Å². The fraction of sp³-hybridized carbons (Fsp3) is 1.00. The van der Waals surface area contributed by atoms with E-state index in [1.54, 1.807) is 0 Å². The van der Waals surface area contributed by atoms with E-state index < -0.39 is 12.2 Å². The monoisotopic (exact) mass is 252 g/mol.